The van der Waals surface area contributed by atoms with Crippen LogP contribution in [0.25, 0.3) is 0 Å². The first-order chi connectivity index (χ1) is 10.4. The summed E-state index contributed by atoms with van der Waals surface area (Å²) < 4.78 is 0. The van der Waals surface area contributed by atoms with Crippen LogP contribution in [0.1, 0.15) is 42.0 Å². The van der Waals surface area contributed by atoms with Crippen LogP contribution < -0.4 is 10.6 Å². The van der Waals surface area contributed by atoms with Crippen molar-refractivity contribution in [2.75, 3.05) is 6.54 Å². The maximum Gasteiger partial charge on any atom is 0.264 e. The molecule has 0 aliphatic rings. The minimum absolute atomic E-state index is 0.185. The molecule has 0 aliphatic carbocycles. The van der Waals surface area contributed by atoms with Crippen LogP contribution in [0, 0.1) is 0 Å². The van der Waals surface area contributed by atoms with Crippen molar-refractivity contribution in [1.82, 2.24) is 15.6 Å². The molecule has 0 saturated carbocycles. The monoisotopic (exact) mass is 337 g/mol. The third-order valence-electron chi connectivity index (χ3n) is 3.33. The zero-order valence-electron chi connectivity index (χ0n) is 12.9. The van der Waals surface area contributed by atoms with E-state index in [1.54, 1.807) is 5.51 Å². The van der Waals surface area contributed by atoms with Crippen molar-refractivity contribution in [3.63, 3.8) is 0 Å². The number of benzene rings is 1. The quantitative estimate of drug-likeness (QED) is 0.845. The lowest BCUT2D eigenvalue weighted by atomic mass is 10.0. The second-order valence-electron chi connectivity index (χ2n) is 5.82. The van der Waals surface area contributed by atoms with Crippen molar-refractivity contribution >= 4 is 28.8 Å². The van der Waals surface area contributed by atoms with Crippen LogP contribution in [0.3, 0.4) is 0 Å². The van der Waals surface area contributed by atoms with Crippen LogP contribution in [0.15, 0.2) is 35.8 Å². The van der Waals surface area contributed by atoms with E-state index in [1.807, 2.05) is 18.2 Å². The number of amides is 1. The van der Waals surface area contributed by atoms with Crippen molar-refractivity contribution < 1.29 is 4.79 Å². The highest BCUT2D eigenvalue weighted by Gasteiger charge is 2.23. The van der Waals surface area contributed by atoms with E-state index in [4.69, 9.17) is 11.6 Å². The second-order valence-corrected chi connectivity index (χ2v) is 7.03. The van der Waals surface area contributed by atoms with Crippen LogP contribution in [-0.2, 0) is 0 Å². The summed E-state index contributed by atoms with van der Waals surface area (Å²) in [6.45, 7) is 6.72. The summed E-state index contributed by atoms with van der Waals surface area (Å²) in [7, 11) is 0. The number of rotatable bonds is 6. The molecular weight excluding hydrogens is 318 g/mol. The van der Waals surface area contributed by atoms with Crippen LogP contribution in [0.4, 0.5) is 0 Å². The fourth-order valence-electron chi connectivity index (χ4n) is 2.22. The van der Waals surface area contributed by atoms with Gasteiger partial charge in [0.2, 0.25) is 0 Å². The van der Waals surface area contributed by atoms with E-state index in [-0.39, 0.29) is 22.6 Å². The van der Waals surface area contributed by atoms with Crippen molar-refractivity contribution in [1.29, 1.82) is 0 Å². The van der Waals surface area contributed by atoms with Gasteiger partial charge in [-0.15, -0.1) is 11.3 Å². The topological polar surface area (TPSA) is 54.0 Å². The highest BCUT2D eigenvalue weighted by atomic mass is 35.5. The van der Waals surface area contributed by atoms with E-state index in [9.17, 15) is 4.79 Å². The maximum absolute atomic E-state index is 12.1. The lowest BCUT2D eigenvalue weighted by molar-refractivity contribution is 0.0945. The molecule has 1 atom stereocenters. The van der Waals surface area contributed by atoms with Crippen LogP contribution in [-0.4, -0.2) is 23.0 Å². The maximum atomic E-state index is 12.1. The summed E-state index contributed by atoms with van der Waals surface area (Å²) in [4.78, 5) is 16.4. The summed E-state index contributed by atoms with van der Waals surface area (Å²) in [6.07, 6.45) is 0. The fourth-order valence-corrected chi connectivity index (χ4v) is 3.14. The molecule has 1 aromatic heterocycles. The standard InChI is InChI=1S/C16H20ClN3OS/c1-11(12-7-5-4-6-8-12)20-16(2,3)9-18-15(21)13-14(17)19-10-22-13/h4-8,10-11,20H,9H2,1-3H3,(H,18,21)/t11-/m1/s1. The highest BCUT2D eigenvalue weighted by molar-refractivity contribution is 7.12. The molecule has 1 amide bonds. The molecule has 2 aromatic rings. The van der Waals surface area contributed by atoms with Gasteiger partial charge in [0.05, 0.1) is 5.51 Å². The molecule has 0 spiro atoms. The molecule has 6 heteroatoms. The number of hydrogen-bond donors (Lipinski definition) is 2. The van der Waals surface area contributed by atoms with E-state index < -0.39 is 0 Å². The van der Waals surface area contributed by atoms with E-state index >= 15 is 0 Å². The largest absolute Gasteiger partial charge is 0.349 e. The Balaban J connectivity index is 1.91. The summed E-state index contributed by atoms with van der Waals surface area (Å²) in [5, 5.41) is 6.69. The normalized spacial score (nSPS) is 12.9. The predicted octanol–water partition coefficient (Wildman–Crippen LogP) is 3.66. The van der Waals surface area contributed by atoms with Gasteiger partial charge in [-0.1, -0.05) is 41.9 Å². The number of halogens is 1. The summed E-state index contributed by atoms with van der Waals surface area (Å²) >= 11 is 7.12. The van der Waals surface area contributed by atoms with Gasteiger partial charge >= 0.3 is 0 Å². The Hall–Kier alpha value is -1.43. The Morgan fingerprint density at radius 3 is 2.64 bits per heavy atom. The molecule has 1 heterocycles. The van der Waals surface area contributed by atoms with Gasteiger partial charge < -0.3 is 10.6 Å². The average molecular weight is 338 g/mol. The van der Waals surface area contributed by atoms with Gasteiger partial charge in [0, 0.05) is 18.1 Å². The molecule has 2 rings (SSSR count). The average Bonchev–Trinajstić information content (AvgIpc) is 2.91. The van der Waals surface area contributed by atoms with E-state index in [0.717, 1.165) is 0 Å². The smallest absolute Gasteiger partial charge is 0.264 e. The van der Waals surface area contributed by atoms with Crippen molar-refractivity contribution in [3.8, 4) is 0 Å². The minimum Gasteiger partial charge on any atom is -0.349 e. The molecule has 118 valence electrons. The third kappa shape index (κ3) is 4.53. The zero-order valence-corrected chi connectivity index (χ0v) is 14.5. The van der Waals surface area contributed by atoms with Crippen molar-refractivity contribution in [3.05, 3.63) is 51.4 Å². The molecule has 2 N–H and O–H groups in total. The Morgan fingerprint density at radius 2 is 2.05 bits per heavy atom. The fraction of sp³-hybridized carbons (Fsp3) is 0.375. The molecule has 0 aliphatic heterocycles. The van der Waals surface area contributed by atoms with Gasteiger partial charge in [0.25, 0.3) is 5.91 Å². The lowest BCUT2D eigenvalue weighted by Gasteiger charge is -2.30. The van der Waals surface area contributed by atoms with Crippen molar-refractivity contribution in [2.24, 2.45) is 0 Å². The Bertz CT molecular complexity index is 627. The van der Waals surface area contributed by atoms with Gasteiger partial charge in [-0.2, -0.15) is 0 Å². The number of aromatic nitrogens is 1. The van der Waals surface area contributed by atoms with Crippen LogP contribution in [0.5, 0.6) is 0 Å². The van der Waals surface area contributed by atoms with E-state index in [0.29, 0.717) is 11.4 Å². The Kier molecular flexibility index (Phi) is 5.56. The Morgan fingerprint density at radius 1 is 1.36 bits per heavy atom. The van der Waals surface area contributed by atoms with Gasteiger partial charge in [-0.05, 0) is 26.3 Å². The lowest BCUT2D eigenvalue weighted by Crippen LogP contribution is -2.49. The first-order valence-electron chi connectivity index (χ1n) is 7.09. The summed E-state index contributed by atoms with van der Waals surface area (Å²) in [5.41, 5.74) is 2.53. The van der Waals surface area contributed by atoms with Gasteiger partial charge in [0.1, 0.15) is 4.88 Å². The molecule has 4 nitrogen and oxygen atoms in total. The van der Waals surface area contributed by atoms with Crippen molar-refractivity contribution in [2.45, 2.75) is 32.4 Å². The minimum atomic E-state index is -0.248. The van der Waals surface area contributed by atoms with E-state index in [2.05, 4.69) is 48.5 Å². The summed E-state index contributed by atoms with van der Waals surface area (Å²) in [6, 6.07) is 10.4. The molecular formula is C16H20ClN3OS. The first-order valence-corrected chi connectivity index (χ1v) is 8.34. The molecule has 0 radical (unpaired) electrons. The summed E-state index contributed by atoms with van der Waals surface area (Å²) in [5.74, 6) is -0.185. The number of carbonyl (C=O) groups excluding carboxylic acids is 1. The number of hydrogen-bond acceptors (Lipinski definition) is 4. The molecule has 0 saturated heterocycles. The molecule has 0 fully saturated rings. The molecule has 0 unspecified atom stereocenters. The number of carbonyl (C=O) groups is 1. The SMILES string of the molecule is C[C@@H](NC(C)(C)CNC(=O)c1scnc1Cl)c1ccccc1. The highest BCUT2D eigenvalue weighted by Crippen LogP contribution is 2.19. The van der Waals surface area contributed by atoms with Gasteiger partial charge in [0.15, 0.2) is 5.15 Å². The Labute approximate surface area is 139 Å². The number of nitrogens with one attached hydrogen (secondary N) is 2. The third-order valence-corrected chi connectivity index (χ3v) is 4.55. The molecule has 22 heavy (non-hydrogen) atoms. The number of thiazole rings is 1. The number of nitrogens with zero attached hydrogens (tertiary/aromatic N) is 1. The van der Waals surface area contributed by atoms with Crippen LogP contribution >= 0.6 is 22.9 Å². The van der Waals surface area contributed by atoms with Crippen LogP contribution in [0.2, 0.25) is 5.15 Å². The molecule has 0 bridgehead atoms. The first kappa shape index (κ1) is 16.9. The molecule has 1 aromatic carbocycles. The zero-order chi connectivity index (χ0) is 16.2. The predicted molar refractivity (Wildman–Crippen MR) is 91.5 cm³/mol. The van der Waals surface area contributed by atoms with Gasteiger partial charge in [-0.25, -0.2) is 4.98 Å². The second kappa shape index (κ2) is 7.22. The van der Waals surface area contributed by atoms with Gasteiger partial charge in [-0.3, -0.25) is 4.79 Å². The van der Waals surface area contributed by atoms with E-state index in [1.165, 1.54) is 16.9 Å².